The van der Waals surface area contributed by atoms with Crippen molar-refractivity contribution in [2.24, 2.45) is 11.8 Å². The Morgan fingerprint density at radius 3 is 2.71 bits per heavy atom. The van der Waals surface area contributed by atoms with Crippen LogP contribution >= 0.6 is 11.3 Å². The van der Waals surface area contributed by atoms with Gasteiger partial charge in [-0.2, -0.15) is 0 Å². The molecule has 3 nitrogen and oxygen atoms in total. The minimum atomic E-state index is -0.0523. The second-order valence-corrected chi connectivity index (χ2v) is 7.73. The monoisotopic (exact) mass is 306 g/mol. The standard InChI is InChI=1S/C17H26N2OS/c1-12-5-7-14(8-6-12)9-10-19-16(15-4-3-11-21-15)18-13(2)17(19)20/h3-4,11-14,16,18H,5-10H2,1-2H3. The maximum absolute atomic E-state index is 12.4. The topological polar surface area (TPSA) is 32.3 Å². The quantitative estimate of drug-likeness (QED) is 0.918. The Morgan fingerprint density at radius 1 is 1.29 bits per heavy atom. The lowest BCUT2D eigenvalue weighted by Crippen LogP contribution is -2.32. The zero-order valence-electron chi connectivity index (χ0n) is 13.0. The highest BCUT2D eigenvalue weighted by Gasteiger charge is 2.37. The number of rotatable bonds is 4. The van der Waals surface area contributed by atoms with Gasteiger partial charge < -0.3 is 4.90 Å². The fraction of sp³-hybridized carbons (Fsp3) is 0.706. The van der Waals surface area contributed by atoms with Crippen LogP contribution < -0.4 is 5.32 Å². The molecule has 2 fully saturated rings. The third-order valence-electron chi connectivity index (χ3n) is 5.10. The fourth-order valence-electron chi connectivity index (χ4n) is 3.64. The molecule has 1 aliphatic heterocycles. The molecule has 0 radical (unpaired) electrons. The molecule has 1 aromatic rings. The van der Waals surface area contributed by atoms with Crippen molar-refractivity contribution in [3.8, 4) is 0 Å². The number of nitrogens with zero attached hydrogens (tertiary/aromatic N) is 1. The lowest BCUT2D eigenvalue weighted by molar-refractivity contribution is -0.130. The van der Waals surface area contributed by atoms with Gasteiger partial charge in [0.25, 0.3) is 0 Å². The molecular weight excluding hydrogens is 280 g/mol. The van der Waals surface area contributed by atoms with E-state index in [1.54, 1.807) is 11.3 Å². The zero-order valence-corrected chi connectivity index (χ0v) is 13.9. The van der Waals surface area contributed by atoms with E-state index in [1.807, 2.05) is 6.92 Å². The summed E-state index contributed by atoms with van der Waals surface area (Å²) in [6.07, 6.45) is 6.67. The van der Waals surface area contributed by atoms with Crippen LogP contribution in [0, 0.1) is 11.8 Å². The summed E-state index contributed by atoms with van der Waals surface area (Å²) >= 11 is 1.73. The van der Waals surface area contributed by atoms with Crippen LogP contribution in [-0.2, 0) is 4.79 Å². The highest BCUT2D eigenvalue weighted by molar-refractivity contribution is 7.10. The van der Waals surface area contributed by atoms with Crippen molar-refractivity contribution < 1.29 is 4.79 Å². The smallest absolute Gasteiger partial charge is 0.241 e. The van der Waals surface area contributed by atoms with E-state index in [4.69, 9.17) is 0 Å². The molecular formula is C17H26N2OS. The van der Waals surface area contributed by atoms with Crippen LogP contribution in [-0.4, -0.2) is 23.4 Å². The SMILES string of the molecule is CC1CCC(CCN2C(=O)C(C)NC2c2cccs2)CC1. The van der Waals surface area contributed by atoms with Crippen molar-refractivity contribution >= 4 is 17.2 Å². The van der Waals surface area contributed by atoms with Crippen LogP contribution in [0.2, 0.25) is 0 Å². The van der Waals surface area contributed by atoms with Gasteiger partial charge in [0.05, 0.1) is 6.04 Å². The van der Waals surface area contributed by atoms with Crippen molar-refractivity contribution in [3.05, 3.63) is 22.4 Å². The number of amides is 1. The molecule has 2 atom stereocenters. The average Bonchev–Trinajstić information content (AvgIpc) is 3.09. The van der Waals surface area contributed by atoms with E-state index in [-0.39, 0.29) is 18.1 Å². The Balaban J connectivity index is 1.60. The molecule has 2 heterocycles. The van der Waals surface area contributed by atoms with E-state index < -0.39 is 0 Å². The summed E-state index contributed by atoms with van der Waals surface area (Å²) in [6, 6.07) is 4.14. The van der Waals surface area contributed by atoms with Gasteiger partial charge in [-0.1, -0.05) is 38.7 Å². The summed E-state index contributed by atoms with van der Waals surface area (Å²) in [5, 5.41) is 5.53. The van der Waals surface area contributed by atoms with Crippen molar-refractivity contribution in [2.45, 2.75) is 58.2 Å². The first-order chi connectivity index (χ1) is 10.1. The Morgan fingerprint density at radius 2 is 2.05 bits per heavy atom. The number of nitrogens with one attached hydrogen (secondary N) is 1. The molecule has 0 aromatic carbocycles. The van der Waals surface area contributed by atoms with Gasteiger partial charge in [0.1, 0.15) is 6.17 Å². The summed E-state index contributed by atoms with van der Waals surface area (Å²) in [4.78, 5) is 15.7. The highest BCUT2D eigenvalue weighted by Crippen LogP contribution is 2.33. The predicted molar refractivity (Wildman–Crippen MR) is 87.1 cm³/mol. The molecule has 116 valence electrons. The fourth-order valence-corrected chi connectivity index (χ4v) is 4.43. The summed E-state index contributed by atoms with van der Waals surface area (Å²) in [6.45, 7) is 5.24. The molecule has 2 unspecified atom stereocenters. The van der Waals surface area contributed by atoms with Crippen LogP contribution in [0.3, 0.4) is 0 Å². The molecule has 1 saturated heterocycles. The molecule has 1 aliphatic carbocycles. The first-order valence-electron chi connectivity index (χ1n) is 8.25. The van der Waals surface area contributed by atoms with Gasteiger partial charge in [-0.05, 0) is 36.6 Å². The largest absolute Gasteiger partial charge is 0.321 e. The van der Waals surface area contributed by atoms with Gasteiger partial charge >= 0.3 is 0 Å². The zero-order chi connectivity index (χ0) is 14.8. The molecule has 1 aromatic heterocycles. The molecule has 4 heteroatoms. The number of carbonyl (C=O) groups excluding carboxylic acids is 1. The Bertz CT molecular complexity index is 465. The van der Waals surface area contributed by atoms with Crippen LogP contribution in [0.25, 0.3) is 0 Å². The van der Waals surface area contributed by atoms with E-state index >= 15 is 0 Å². The minimum absolute atomic E-state index is 0.0523. The van der Waals surface area contributed by atoms with Crippen molar-refractivity contribution in [3.63, 3.8) is 0 Å². The normalized spacial score (nSPS) is 33.6. The summed E-state index contributed by atoms with van der Waals surface area (Å²) in [5.74, 6) is 1.97. The lowest BCUT2D eigenvalue weighted by Gasteiger charge is -2.29. The van der Waals surface area contributed by atoms with Crippen LogP contribution in [0.15, 0.2) is 17.5 Å². The molecule has 3 rings (SSSR count). The van der Waals surface area contributed by atoms with E-state index in [1.165, 1.54) is 30.6 Å². The van der Waals surface area contributed by atoms with E-state index in [2.05, 4.69) is 34.7 Å². The van der Waals surface area contributed by atoms with Crippen LogP contribution in [0.1, 0.15) is 57.0 Å². The predicted octanol–water partition coefficient (Wildman–Crippen LogP) is 3.78. The first-order valence-corrected chi connectivity index (χ1v) is 9.13. The minimum Gasteiger partial charge on any atom is -0.321 e. The Labute approximate surface area is 131 Å². The maximum Gasteiger partial charge on any atom is 0.241 e. The Kier molecular flexibility index (Phi) is 4.65. The number of hydrogen-bond acceptors (Lipinski definition) is 3. The van der Waals surface area contributed by atoms with E-state index in [0.29, 0.717) is 0 Å². The van der Waals surface area contributed by atoms with Gasteiger partial charge in [-0.15, -0.1) is 11.3 Å². The molecule has 2 aliphatic rings. The van der Waals surface area contributed by atoms with Crippen LogP contribution in [0.4, 0.5) is 0 Å². The third kappa shape index (κ3) is 3.32. The number of hydrogen-bond donors (Lipinski definition) is 1. The van der Waals surface area contributed by atoms with Gasteiger partial charge in [-0.25, -0.2) is 0 Å². The molecule has 1 N–H and O–H groups in total. The highest BCUT2D eigenvalue weighted by atomic mass is 32.1. The van der Waals surface area contributed by atoms with Gasteiger partial charge in [0.2, 0.25) is 5.91 Å². The number of carbonyl (C=O) groups is 1. The molecule has 0 bridgehead atoms. The Hall–Kier alpha value is -0.870. The van der Waals surface area contributed by atoms with Gasteiger partial charge in [-0.3, -0.25) is 10.1 Å². The van der Waals surface area contributed by atoms with E-state index in [0.717, 1.165) is 24.8 Å². The second kappa shape index (κ2) is 6.49. The maximum atomic E-state index is 12.4. The average molecular weight is 306 g/mol. The van der Waals surface area contributed by atoms with Crippen LogP contribution in [0.5, 0.6) is 0 Å². The van der Waals surface area contributed by atoms with Gasteiger partial charge in [0, 0.05) is 11.4 Å². The van der Waals surface area contributed by atoms with E-state index in [9.17, 15) is 4.79 Å². The summed E-state index contributed by atoms with van der Waals surface area (Å²) < 4.78 is 0. The second-order valence-electron chi connectivity index (χ2n) is 6.75. The third-order valence-corrected chi connectivity index (χ3v) is 6.02. The van der Waals surface area contributed by atoms with Gasteiger partial charge in [0.15, 0.2) is 0 Å². The molecule has 1 amide bonds. The molecule has 1 saturated carbocycles. The first kappa shape index (κ1) is 15.0. The molecule has 21 heavy (non-hydrogen) atoms. The summed E-state index contributed by atoms with van der Waals surface area (Å²) in [5.41, 5.74) is 0. The van der Waals surface area contributed by atoms with Crippen molar-refractivity contribution in [1.82, 2.24) is 10.2 Å². The summed E-state index contributed by atoms with van der Waals surface area (Å²) in [7, 11) is 0. The van der Waals surface area contributed by atoms with Crippen molar-refractivity contribution in [2.75, 3.05) is 6.54 Å². The van der Waals surface area contributed by atoms with Crippen molar-refractivity contribution in [1.29, 1.82) is 0 Å². The number of thiophene rings is 1. The molecule has 0 spiro atoms. The lowest BCUT2D eigenvalue weighted by atomic mass is 9.81.